The third-order valence-electron chi connectivity index (χ3n) is 3.65. The Hall–Kier alpha value is -1.59. The molecule has 2 aromatic rings. The van der Waals surface area contributed by atoms with Gasteiger partial charge in [-0.25, -0.2) is 4.39 Å². The summed E-state index contributed by atoms with van der Waals surface area (Å²) in [7, 11) is 1.62. The number of hydrogen-bond donors (Lipinski definition) is 1. The maximum absolute atomic E-state index is 13.3. The molecule has 1 heterocycles. The predicted molar refractivity (Wildman–Crippen MR) is 82.0 cm³/mol. The quantitative estimate of drug-likeness (QED) is 0.884. The van der Waals surface area contributed by atoms with Gasteiger partial charge in [-0.1, -0.05) is 15.9 Å². The summed E-state index contributed by atoms with van der Waals surface area (Å²) < 4.78 is 25.7. The minimum Gasteiger partial charge on any atom is -0.496 e. The minimum atomic E-state index is -0.300. The molecule has 1 unspecified atom stereocenters. The molecule has 0 radical (unpaired) electrons. The van der Waals surface area contributed by atoms with Gasteiger partial charge in [0.25, 0.3) is 0 Å². The van der Waals surface area contributed by atoms with Crippen molar-refractivity contribution in [2.75, 3.05) is 7.11 Å². The fourth-order valence-corrected chi connectivity index (χ4v) is 3.00. The molecule has 21 heavy (non-hydrogen) atoms. The Morgan fingerprint density at radius 2 is 2.05 bits per heavy atom. The second kappa shape index (κ2) is 5.66. The van der Waals surface area contributed by atoms with Crippen molar-refractivity contribution >= 4 is 15.9 Å². The Labute approximate surface area is 131 Å². The van der Waals surface area contributed by atoms with Crippen LogP contribution in [0.4, 0.5) is 4.39 Å². The van der Waals surface area contributed by atoms with Gasteiger partial charge in [0, 0.05) is 28.1 Å². The Kier molecular flexibility index (Phi) is 3.87. The predicted octanol–water partition coefficient (Wildman–Crippen LogP) is 4.12. The Morgan fingerprint density at radius 1 is 1.24 bits per heavy atom. The summed E-state index contributed by atoms with van der Waals surface area (Å²) in [6.45, 7) is 0. The summed E-state index contributed by atoms with van der Waals surface area (Å²) >= 11 is 3.46. The number of halogens is 2. The highest BCUT2D eigenvalue weighted by atomic mass is 79.9. The molecule has 1 aliphatic heterocycles. The molecule has 3 nitrogen and oxygen atoms in total. The summed E-state index contributed by atoms with van der Waals surface area (Å²) in [6.07, 6.45) is 0.355. The van der Waals surface area contributed by atoms with Crippen molar-refractivity contribution in [3.8, 4) is 11.5 Å². The van der Waals surface area contributed by atoms with E-state index in [2.05, 4.69) is 15.9 Å². The van der Waals surface area contributed by atoms with Crippen LogP contribution in [0.1, 0.15) is 29.7 Å². The average molecular weight is 352 g/mol. The molecule has 0 spiro atoms. The molecule has 2 N–H and O–H groups in total. The molecule has 110 valence electrons. The van der Waals surface area contributed by atoms with Crippen molar-refractivity contribution in [2.24, 2.45) is 5.73 Å². The van der Waals surface area contributed by atoms with Crippen molar-refractivity contribution in [3.63, 3.8) is 0 Å². The van der Waals surface area contributed by atoms with Crippen molar-refractivity contribution in [2.45, 2.75) is 18.6 Å². The lowest BCUT2D eigenvalue weighted by atomic mass is 9.93. The molecule has 0 aromatic heterocycles. The molecule has 2 aromatic carbocycles. The first-order valence-electron chi connectivity index (χ1n) is 6.63. The van der Waals surface area contributed by atoms with Crippen LogP contribution in [0.2, 0.25) is 0 Å². The lowest BCUT2D eigenvalue weighted by Crippen LogP contribution is -2.24. The number of nitrogens with two attached hydrogens (primary N) is 1. The second-order valence-corrected chi connectivity index (χ2v) is 5.93. The molecule has 5 heteroatoms. The standard InChI is InChI=1S/C16H15BrFNO2/c1-20-14-4-2-9(17)6-12(14)16-8-13(19)11-7-10(18)3-5-15(11)21-16/h2-7,13,16H,8,19H2,1H3/t13-,16?/m0/s1. The van der Waals surface area contributed by atoms with Gasteiger partial charge in [-0.05, 0) is 36.4 Å². The van der Waals surface area contributed by atoms with E-state index in [9.17, 15) is 4.39 Å². The molecular weight excluding hydrogens is 337 g/mol. The molecular formula is C16H15BrFNO2. The highest BCUT2D eigenvalue weighted by Crippen LogP contribution is 2.42. The van der Waals surface area contributed by atoms with Crippen LogP contribution in [0, 0.1) is 5.82 Å². The van der Waals surface area contributed by atoms with Crippen LogP contribution in [0.25, 0.3) is 0 Å². The van der Waals surface area contributed by atoms with E-state index in [1.165, 1.54) is 12.1 Å². The average Bonchev–Trinajstić information content (AvgIpc) is 2.47. The number of rotatable bonds is 2. The van der Waals surface area contributed by atoms with Gasteiger partial charge in [-0.3, -0.25) is 0 Å². The van der Waals surface area contributed by atoms with E-state index >= 15 is 0 Å². The van der Waals surface area contributed by atoms with E-state index in [0.717, 1.165) is 15.8 Å². The SMILES string of the molecule is COc1ccc(Br)cc1C1C[C@H](N)c2cc(F)ccc2O1. The van der Waals surface area contributed by atoms with Gasteiger partial charge in [0.05, 0.1) is 7.11 Å². The van der Waals surface area contributed by atoms with Crippen LogP contribution in [-0.4, -0.2) is 7.11 Å². The van der Waals surface area contributed by atoms with Crippen LogP contribution in [0.3, 0.4) is 0 Å². The largest absolute Gasteiger partial charge is 0.496 e. The molecule has 1 aliphatic rings. The fraction of sp³-hybridized carbons (Fsp3) is 0.250. The van der Waals surface area contributed by atoms with Crippen molar-refractivity contribution < 1.29 is 13.9 Å². The summed E-state index contributed by atoms with van der Waals surface area (Å²) in [5.41, 5.74) is 7.81. The van der Waals surface area contributed by atoms with Crippen molar-refractivity contribution in [1.29, 1.82) is 0 Å². The Morgan fingerprint density at radius 3 is 2.81 bits per heavy atom. The van der Waals surface area contributed by atoms with Crippen LogP contribution in [0.5, 0.6) is 11.5 Å². The van der Waals surface area contributed by atoms with Gasteiger partial charge in [-0.15, -0.1) is 0 Å². The zero-order valence-electron chi connectivity index (χ0n) is 11.5. The van der Waals surface area contributed by atoms with Crippen LogP contribution in [0.15, 0.2) is 40.9 Å². The number of fused-ring (bicyclic) bond motifs is 1. The van der Waals surface area contributed by atoms with Crippen molar-refractivity contribution in [3.05, 3.63) is 57.8 Å². The van der Waals surface area contributed by atoms with Crippen LogP contribution < -0.4 is 15.2 Å². The molecule has 0 saturated carbocycles. The van der Waals surface area contributed by atoms with Crippen LogP contribution >= 0.6 is 15.9 Å². The maximum Gasteiger partial charge on any atom is 0.129 e. The van der Waals surface area contributed by atoms with Gasteiger partial charge in [0.15, 0.2) is 0 Å². The van der Waals surface area contributed by atoms with Crippen molar-refractivity contribution in [1.82, 2.24) is 0 Å². The van der Waals surface area contributed by atoms with E-state index in [4.69, 9.17) is 15.2 Å². The molecule has 0 amide bonds. The topological polar surface area (TPSA) is 44.5 Å². The minimum absolute atomic E-state index is 0.217. The molecule has 3 rings (SSSR count). The van der Waals surface area contributed by atoms with E-state index < -0.39 is 0 Å². The second-order valence-electron chi connectivity index (χ2n) is 5.02. The monoisotopic (exact) mass is 351 g/mol. The van der Waals surface area contributed by atoms with Gasteiger partial charge in [0.1, 0.15) is 23.4 Å². The van der Waals surface area contributed by atoms with Gasteiger partial charge < -0.3 is 15.2 Å². The van der Waals surface area contributed by atoms with E-state index in [0.29, 0.717) is 17.7 Å². The molecule has 0 fully saturated rings. The zero-order chi connectivity index (χ0) is 15.0. The highest BCUT2D eigenvalue weighted by Gasteiger charge is 2.29. The number of hydrogen-bond acceptors (Lipinski definition) is 3. The normalized spacial score (nSPS) is 20.6. The van der Waals surface area contributed by atoms with Crippen LogP contribution in [-0.2, 0) is 0 Å². The molecule has 0 bridgehead atoms. The summed E-state index contributed by atoms with van der Waals surface area (Å²) in [5.74, 6) is 1.08. The smallest absolute Gasteiger partial charge is 0.129 e. The lowest BCUT2D eigenvalue weighted by molar-refractivity contribution is 0.157. The third kappa shape index (κ3) is 2.76. The number of ether oxygens (including phenoxy) is 2. The molecule has 0 saturated heterocycles. The zero-order valence-corrected chi connectivity index (χ0v) is 13.1. The van der Waals surface area contributed by atoms with Gasteiger partial charge in [-0.2, -0.15) is 0 Å². The van der Waals surface area contributed by atoms with E-state index in [1.54, 1.807) is 13.2 Å². The molecule has 0 aliphatic carbocycles. The number of benzene rings is 2. The summed E-state index contributed by atoms with van der Waals surface area (Å²) in [4.78, 5) is 0. The first kappa shape index (κ1) is 14.4. The third-order valence-corrected chi connectivity index (χ3v) is 4.14. The van der Waals surface area contributed by atoms with E-state index in [-0.39, 0.29) is 18.0 Å². The van der Waals surface area contributed by atoms with E-state index in [1.807, 2.05) is 18.2 Å². The maximum atomic E-state index is 13.3. The van der Waals surface area contributed by atoms with Gasteiger partial charge >= 0.3 is 0 Å². The fourth-order valence-electron chi connectivity index (χ4n) is 2.62. The summed E-state index contributed by atoms with van der Waals surface area (Å²) in [6, 6.07) is 9.94. The Balaban J connectivity index is 1.99. The summed E-state index contributed by atoms with van der Waals surface area (Å²) in [5, 5.41) is 0. The Bertz CT molecular complexity index is 677. The first-order valence-corrected chi connectivity index (χ1v) is 7.43. The highest BCUT2D eigenvalue weighted by molar-refractivity contribution is 9.10. The number of methoxy groups -OCH3 is 1. The first-order chi connectivity index (χ1) is 10.1. The molecule has 2 atom stereocenters. The van der Waals surface area contributed by atoms with Gasteiger partial charge in [0.2, 0.25) is 0 Å². The lowest BCUT2D eigenvalue weighted by Gasteiger charge is -2.31.